The maximum atomic E-state index is 13.1. The SMILES string of the molecule is Cc1ncc(-c2ccc3nc(N)n(-c4ccccc4)c(=O)c3c2)cc1C(N)=O. The Balaban J connectivity index is 1.94. The van der Waals surface area contributed by atoms with Gasteiger partial charge in [0.25, 0.3) is 11.5 Å². The largest absolute Gasteiger partial charge is 0.369 e. The lowest BCUT2D eigenvalue weighted by Gasteiger charge is -2.11. The number of para-hydroxylation sites is 1. The number of pyridine rings is 1. The summed E-state index contributed by atoms with van der Waals surface area (Å²) >= 11 is 0. The number of amides is 1. The minimum Gasteiger partial charge on any atom is -0.369 e. The molecule has 0 saturated heterocycles. The molecule has 138 valence electrons. The van der Waals surface area contributed by atoms with Crippen LogP contribution < -0.4 is 17.0 Å². The molecule has 7 nitrogen and oxygen atoms in total. The molecule has 0 unspecified atom stereocenters. The highest BCUT2D eigenvalue weighted by molar-refractivity contribution is 5.95. The molecule has 4 aromatic rings. The Labute approximate surface area is 160 Å². The number of rotatable bonds is 3. The van der Waals surface area contributed by atoms with E-state index in [9.17, 15) is 9.59 Å². The molecular formula is C21H17N5O2. The summed E-state index contributed by atoms with van der Waals surface area (Å²) in [5.74, 6) is -0.432. The fourth-order valence-electron chi connectivity index (χ4n) is 3.15. The summed E-state index contributed by atoms with van der Waals surface area (Å²) < 4.78 is 1.37. The second-order valence-electron chi connectivity index (χ2n) is 6.40. The zero-order valence-electron chi connectivity index (χ0n) is 15.1. The molecule has 2 aromatic carbocycles. The highest BCUT2D eigenvalue weighted by Crippen LogP contribution is 2.24. The highest BCUT2D eigenvalue weighted by Gasteiger charge is 2.13. The molecule has 28 heavy (non-hydrogen) atoms. The van der Waals surface area contributed by atoms with E-state index < -0.39 is 5.91 Å². The maximum absolute atomic E-state index is 13.1. The summed E-state index contributed by atoms with van der Waals surface area (Å²) in [6.07, 6.45) is 1.64. The molecule has 0 fully saturated rings. The number of fused-ring (bicyclic) bond motifs is 1. The number of anilines is 1. The van der Waals surface area contributed by atoms with Crippen LogP contribution in [0.4, 0.5) is 5.95 Å². The molecule has 1 amide bonds. The number of primary amides is 1. The van der Waals surface area contributed by atoms with Gasteiger partial charge in [0.2, 0.25) is 5.95 Å². The van der Waals surface area contributed by atoms with Crippen LogP contribution in [-0.2, 0) is 0 Å². The standard InChI is InChI=1S/C21H17N5O2/c1-12-16(19(22)27)10-14(11-24-12)13-7-8-18-17(9-13)20(28)26(21(23)25-18)15-5-3-2-4-6-15/h2-11H,1H3,(H2,22,27)(H2,23,25). The van der Waals surface area contributed by atoms with Crippen molar-refractivity contribution >= 4 is 22.8 Å². The normalized spacial score (nSPS) is 10.9. The third kappa shape index (κ3) is 2.88. The number of hydrogen-bond acceptors (Lipinski definition) is 5. The van der Waals surface area contributed by atoms with Crippen molar-refractivity contribution in [1.29, 1.82) is 0 Å². The molecule has 7 heteroatoms. The molecule has 0 atom stereocenters. The first kappa shape index (κ1) is 17.4. The maximum Gasteiger partial charge on any atom is 0.267 e. The van der Waals surface area contributed by atoms with Gasteiger partial charge in [-0.2, -0.15) is 0 Å². The second kappa shape index (κ2) is 6.62. The van der Waals surface area contributed by atoms with Crippen LogP contribution in [0.3, 0.4) is 0 Å². The number of aryl methyl sites for hydroxylation is 1. The quantitative estimate of drug-likeness (QED) is 0.574. The van der Waals surface area contributed by atoms with Crippen LogP contribution in [0.15, 0.2) is 65.6 Å². The molecular weight excluding hydrogens is 354 g/mol. The molecule has 0 saturated carbocycles. The van der Waals surface area contributed by atoms with E-state index in [1.54, 1.807) is 49.5 Å². The Morgan fingerprint density at radius 3 is 2.50 bits per heavy atom. The average Bonchev–Trinajstić information content (AvgIpc) is 2.69. The molecule has 0 spiro atoms. The minimum atomic E-state index is -0.548. The molecule has 0 bridgehead atoms. The molecule has 2 heterocycles. The smallest absolute Gasteiger partial charge is 0.267 e. The van der Waals surface area contributed by atoms with E-state index in [1.165, 1.54) is 4.57 Å². The van der Waals surface area contributed by atoms with Crippen molar-refractivity contribution in [1.82, 2.24) is 14.5 Å². The zero-order chi connectivity index (χ0) is 19.8. The van der Waals surface area contributed by atoms with Crippen LogP contribution in [-0.4, -0.2) is 20.4 Å². The van der Waals surface area contributed by atoms with Crippen LogP contribution in [0.25, 0.3) is 27.7 Å². The van der Waals surface area contributed by atoms with Gasteiger partial charge in [-0.25, -0.2) is 9.55 Å². The van der Waals surface area contributed by atoms with E-state index >= 15 is 0 Å². The first-order valence-corrected chi connectivity index (χ1v) is 8.60. The summed E-state index contributed by atoms with van der Waals surface area (Å²) in [5.41, 5.74) is 14.6. The van der Waals surface area contributed by atoms with Crippen LogP contribution >= 0.6 is 0 Å². The van der Waals surface area contributed by atoms with Crippen LogP contribution in [0.2, 0.25) is 0 Å². The molecule has 0 radical (unpaired) electrons. The van der Waals surface area contributed by atoms with E-state index in [2.05, 4.69) is 9.97 Å². The molecule has 0 aliphatic rings. The van der Waals surface area contributed by atoms with Crippen molar-refractivity contribution in [2.45, 2.75) is 6.92 Å². The molecule has 2 aromatic heterocycles. The molecule has 4 N–H and O–H groups in total. The van der Waals surface area contributed by atoms with Crippen LogP contribution in [0, 0.1) is 6.92 Å². The average molecular weight is 371 g/mol. The summed E-state index contributed by atoms with van der Waals surface area (Å²) in [5, 5.41) is 0.414. The second-order valence-corrected chi connectivity index (χ2v) is 6.40. The minimum absolute atomic E-state index is 0.115. The lowest BCUT2D eigenvalue weighted by Crippen LogP contribution is -2.23. The number of hydrogen-bond donors (Lipinski definition) is 2. The molecule has 0 aliphatic heterocycles. The van der Waals surface area contributed by atoms with Gasteiger partial charge < -0.3 is 11.5 Å². The summed E-state index contributed by atoms with van der Waals surface area (Å²) in [6, 6.07) is 16.0. The highest BCUT2D eigenvalue weighted by atomic mass is 16.1. The van der Waals surface area contributed by atoms with Gasteiger partial charge in [-0.1, -0.05) is 24.3 Å². The van der Waals surface area contributed by atoms with Crippen molar-refractivity contribution in [3.05, 3.63) is 82.4 Å². The Morgan fingerprint density at radius 2 is 1.79 bits per heavy atom. The van der Waals surface area contributed by atoms with E-state index in [4.69, 9.17) is 11.5 Å². The van der Waals surface area contributed by atoms with Crippen molar-refractivity contribution in [2.75, 3.05) is 5.73 Å². The van der Waals surface area contributed by atoms with E-state index in [-0.39, 0.29) is 11.5 Å². The van der Waals surface area contributed by atoms with Gasteiger partial charge in [0, 0.05) is 11.8 Å². The van der Waals surface area contributed by atoms with E-state index in [1.807, 2.05) is 18.2 Å². The Kier molecular flexibility index (Phi) is 4.12. The summed E-state index contributed by atoms with van der Waals surface area (Å²) in [6.45, 7) is 1.72. The fourth-order valence-corrected chi connectivity index (χ4v) is 3.15. The van der Waals surface area contributed by atoms with Crippen LogP contribution in [0.1, 0.15) is 16.1 Å². The first-order valence-electron chi connectivity index (χ1n) is 8.60. The topological polar surface area (TPSA) is 117 Å². The van der Waals surface area contributed by atoms with Crippen molar-refractivity contribution < 1.29 is 4.79 Å². The Morgan fingerprint density at radius 1 is 1.04 bits per heavy atom. The third-order valence-corrected chi connectivity index (χ3v) is 4.59. The van der Waals surface area contributed by atoms with Gasteiger partial charge in [-0.05, 0) is 42.8 Å². The van der Waals surface area contributed by atoms with Crippen molar-refractivity contribution in [2.24, 2.45) is 5.73 Å². The fraction of sp³-hybridized carbons (Fsp3) is 0.0476. The molecule has 0 aliphatic carbocycles. The monoisotopic (exact) mass is 371 g/mol. The first-order chi connectivity index (χ1) is 13.5. The third-order valence-electron chi connectivity index (χ3n) is 4.59. The number of nitrogens with zero attached hydrogens (tertiary/aromatic N) is 3. The lowest BCUT2D eigenvalue weighted by molar-refractivity contribution is 0.0999. The Hall–Kier alpha value is -4.00. The summed E-state index contributed by atoms with van der Waals surface area (Å²) in [7, 11) is 0. The van der Waals surface area contributed by atoms with Gasteiger partial charge in [-0.3, -0.25) is 14.6 Å². The van der Waals surface area contributed by atoms with Crippen molar-refractivity contribution in [3.63, 3.8) is 0 Å². The predicted octanol–water partition coefficient (Wildman–Crippen LogP) is 2.44. The number of carbonyl (C=O) groups is 1. The predicted molar refractivity (Wildman–Crippen MR) is 108 cm³/mol. The number of nitrogens with two attached hydrogens (primary N) is 2. The van der Waals surface area contributed by atoms with Gasteiger partial charge in [-0.15, -0.1) is 0 Å². The van der Waals surface area contributed by atoms with Gasteiger partial charge in [0.1, 0.15) is 0 Å². The zero-order valence-corrected chi connectivity index (χ0v) is 15.1. The van der Waals surface area contributed by atoms with Crippen LogP contribution in [0.5, 0.6) is 0 Å². The van der Waals surface area contributed by atoms with Gasteiger partial charge >= 0.3 is 0 Å². The Bertz CT molecular complexity index is 1280. The number of carbonyl (C=O) groups excluding carboxylic acids is 1. The van der Waals surface area contributed by atoms with Gasteiger partial charge in [0.05, 0.1) is 27.8 Å². The number of benzene rings is 2. The summed E-state index contributed by atoms with van der Waals surface area (Å²) in [4.78, 5) is 33.3. The van der Waals surface area contributed by atoms with Crippen molar-refractivity contribution in [3.8, 4) is 16.8 Å². The number of aromatic nitrogens is 3. The lowest BCUT2D eigenvalue weighted by atomic mass is 10.0. The van der Waals surface area contributed by atoms with Gasteiger partial charge in [0.15, 0.2) is 0 Å². The van der Waals surface area contributed by atoms with E-state index in [0.717, 1.165) is 5.56 Å². The molecule has 4 rings (SSSR count). The van der Waals surface area contributed by atoms with E-state index in [0.29, 0.717) is 33.4 Å². The number of nitrogen functional groups attached to an aromatic ring is 1.